The van der Waals surface area contributed by atoms with Crippen LogP contribution in [0, 0.1) is 11.7 Å². The summed E-state index contributed by atoms with van der Waals surface area (Å²) in [5, 5.41) is 5.17. The van der Waals surface area contributed by atoms with Crippen LogP contribution >= 0.6 is 0 Å². The van der Waals surface area contributed by atoms with Crippen LogP contribution in [0.5, 0.6) is 0 Å². The third-order valence-electron chi connectivity index (χ3n) is 4.83. The van der Waals surface area contributed by atoms with Crippen LogP contribution in [0.2, 0.25) is 0 Å². The highest BCUT2D eigenvalue weighted by Crippen LogP contribution is 2.28. The summed E-state index contributed by atoms with van der Waals surface area (Å²) in [5.74, 6) is -2.43. The molecule has 3 aromatic heterocycles. The number of alkyl halides is 3. The molecule has 0 bridgehead atoms. The molecule has 160 valence electrons. The molecule has 30 heavy (non-hydrogen) atoms. The molecule has 12 heteroatoms. The minimum atomic E-state index is -4.57. The van der Waals surface area contributed by atoms with Crippen LogP contribution in [-0.4, -0.2) is 44.1 Å². The predicted octanol–water partition coefficient (Wildman–Crippen LogP) is 2.48. The number of carbonyl (C=O) groups is 1. The van der Waals surface area contributed by atoms with E-state index in [1.54, 1.807) is 26.2 Å². The Balaban J connectivity index is 1.94. The van der Waals surface area contributed by atoms with Crippen molar-refractivity contribution >= 4 is 22.8 Å². The largest absolute Gasteiger partial charge is 0.405 e. The zero-order chi connectivity index (χ0) is 22.1. The number of nitrogens with zero attached hydrogens (tertiary/aromatic N) is 3. The Morgan fingerprint density at radius 1 is 1.30 bits per heavy atom. The van der Waals surface area contributed by atoms with Crippen molar-refractivity contribution in [2.45, 2.75) is 32.5 Å². The Morgan fingerprint density at radius 3 is 2.70 bits per heavy atom. The van der Waals surface area contributed by atoms with Gasteiger partial charge in [-0.3, -0.25) is 4.79 Å². The molecule has 3 aromatic rings. The summed E-state index contributed by atoms with van der Waals surface area (Å²) >= 11 is 0. The summed E-state index contributed by atoms with van der Waals surface area (Å²) in [6.07, 6.45) is 1.10. The highest BCUT2D eigenvalue weighted by molar-refractivity contribution is 5.91. The van der Waals surface area contributed by atoms with E-state index in [0.717, 1.165) is 6.20 Å². The van der Waals surface area contributed by atoms with Crippen LogP contribution in [0.4, 0.5) is 23.4 Å². The SMILES string of the molecule is CC(C)[C@@](C)(Nc1nc(-c2c[nH]c3nc[nH+]cc23)ncc1F)C(=O)NCC(F)(F)F. The second-order valence-electron chi connectivity index (χ2n) is 7.20. The molecule has 0 aliphatic carbocycles. The lowest BCUT2D eigenvalue weighted by Gasteiger charge is -2.34. The molecule has 0 unspecified atom stereocenters. The zero-order valence-corrected chi connectivity index (χ0v) is 16.4. The third kappa shape index (κ3) is 4.31. The van der Waals surface area contributed by atoms with Gasteiger partial charge in [-0.15, -0.1) is 0 Å². The van der Waals surface area contributed by atoms with Gasteiger partial charge in [0.25, 0.3) is 12.0 Å². The van der Waals surface area contributed by atoms with Gasteiger partial charge in [0, 0.05) is 6.20 Å². The molecule has 1 amide bonds. The van der Waals surface area contributed by atoms with Crippen molar-refractivity contribution in [3.8, 4) is 11.4 Å². The van der Waals surface area contributed by atoms with Crippen molar-refractivity contribution in [3.05, 3.63) is 30.7 Å². The van der Waals surface area contributed by atoms with Gasteiger partial charge in [-0.1, -0.05) is 13.8 Å². The molecule has 0 saturated carbocycles. The summed E-state index contributed by atoms with van der Waals surface area (Å²) < 4.78 is 52.0. The molecular formula is C18H20F4N7O+. The average Bonchev–Trinajstić information content (AvgIpc) is 3.11. The van der Waals surface area contributed by atoms with E-state index in [-0.39, 0.29) is 11.6 Å². The van der Waals surface area contributed by atoms with Crippen LogP contribution in [0.15, 0.2) is 24.9 Å². The zero-order valence-electron chi connectivity index (χ0n) is 16.4. The maximum Gasteiger partial charge on any atom is 0.405 e. The lowest BCUT2D eigenvalue weighted by atomic mass is 9.87. The van der Waals surface area contributed by atoms with Crippen molar-refractivity contribution in [2.75, 3.05) is 11.9 Å². The van der Waals surface area contributed by atoms with Gasteiger partial charge in [-0.05, 0) is 17.8 Å². The van der Waals surface area contributed by atoms with Gasteiger partial charge < -0.3 is 15.6 Å². The predicted molar refractivity (Wildman–Crippen MR) is 99.6 cm³/mol. The first kappa shape index (κ1) is 21.4. The van der Waals surface area contributed by atoms with Crippen LogP contribution in [0.25, 0.3) is 22.4 Å². The number of nitrogens with one attached hydrogen (secondary N) is 4. The number of rotatable bonds is 6. The maximum absolute atomic E-state index is 14.4. The van der Waals surface area contributed by atoms with Gasteiger partial charge in [0.05, 0.1) is 17.1 Å². The highest BCUT2D eigenvalue weighted by Gasteiger charge is 2.40. The van der Waals surface area contributed by atoms with Gasteiger partial charge in [-0.2, -0.15) is 13.2 Å². The van der Waals surface area contributed by atoms with Crippen molar-refractivity contribution in [1.29, 1.82) is 0 Å². The fourth-order valence-corrected chi connectivity index (χ4v) is 2.74. The first-order valence-corrected chi connectivity index (χ1v) is 9.00. The number of halogens is 4. The Bertz CT molecular complexity index is 1070. The van der Waals surface area contributed by atoms with Crippen LogP contribution in [0.1, 0.15) is 20.8 Å². The molecule has 0 aromatic carbocycles. The summed E-state index contributed by atoms with van der Waals surface area (Å²) in [7, 11) is 0. The molecule has 4 N–H and O–H groups in total. The van der Waals surface area contributed by atoms with E-state index in [2.05, 4.69) is 30.2 Å². The first-order valence-electron chi connectivity index (χ1n) is 9.00. The average molecular weight is 426 g/mol. The van der Waals surface area contributed by atoms with Crippen LogP contribution < -0.4 is 15.6 Å². The number of carbonyl (C=O) groups excluding carboxylic acids is 1. The number of aromatic amines is 2. The molecule has 0 aliphatic heterocycles. The van der Waals surface area contributed by atoms with E-state index in [1.807, 2.05) is 5.32 Å². The van der Waals surface area contributed by atoms with Crippen molar-refractivity contribution < 1.29 is 27.3 Å². The molecule has 0 fully saturated rings. The minimum absolute atomic E-state index is 0.147. The van der Waals surface area contributed by atoms with Crippen molar-refractivity contribution in [2.24, 2.45) is 5.92 Å². The Kier molecular flexibility index (Phi) is 5.59. The number of hydrogen-bond acceptors (Lipinski definition) is 5. The van der Waals surface area contributed by atoms with Gasteiger partial charge in [0.15, 0.2) is 17.5 Å². The molecule has 0 aliphatic rings. The maximum atomic E-state index is 14.4. The molecule has 3 rings (SSSR count). The highest BCUT2D eigenvalue weighted by atomic mass is 19.4. The van der Waals surface area contributed by atoms with Gasteiger partial charge in [-0.25, -0.2) is 19.3 Å². The topological polar surface area (TPSA) is 110 Å². The number of H-pyrrole nitrogens is 2. The minimum Gasteiger partial charge on any atom is -0.353 e. The first-order chi connectivity index (χ1) is 14.0. The fourth-order valence-electron chi connectivity index (χ4n) is 2.74. The molecule has 8 nitrogen and oxygen atoms in total. The Hall–Kier alpha value is -3.31. The van der Waals surface area contributed by atoms with E-state index < -0.39 is 35.9 Å². The standard InChI is InChI=1S/C18H19F4N7O/c1-9(2)17(3,16(30)26-7-18(20,21)22)29-15-12(19)6-25-14(28-15)11-5-24-13-10(11)4-23-8-27-13/h4-6,8-9H,7H2,1-3H3,(H,26,30)(H,23,24,27)(H,25,28,29)/p+1/t17-/m1/s1. The summed E-state index contributed by atoms with van der Waals surface area (Å²) in [4.78, 5) is 30.5. The van der Waals surface area contributed by atoms with Gasteiger partial charge in [0.2, 0.25) is 5.91 Å². The normalized spacial score (nSPS) is 14.0. The summed E-state index contributed by atoms with van der Waals surface area (Å²) in [6.45, 7) is 3.14. The Morgan fingerprint density at radius 2 is 2.03 bits per heavy atom. The molecular weight excluding hydrogens is 406 g/mol. The van der Waals surface area contributed by atoms with E-state index in [4.69, 9.17) is 0 Å². The van der Waals surface area contributed by atoms with E-state index in [9.17, 15) is 22.4 Å². The van der Waals surface area contributed by atoms with Crippen molar-refractivity contribution in [3.63, 3.8) is 0 Å². The van der Waals surface area contributed by atoms with Crippen LogP contribution in [0.3, 0.4) is 0 Å². The monoisotopic (exact) mass is 426 g/mol. The van der Waals surface area contributed by atoms with E-state index >= 15 is 0 Å². The van der Waals surface area contributed by atoms with E-state index in [1.165, 1.54) is 13.3 Å². The molecule has 0 radical (unpaired) electrons. The third-order valence-corrected chi connectivity index (χ3v) is 4.83. The number of hydrogen-bond donors (Lipinski definition) is 3. The lowest BCUT2D eigenvalue weighted by Crippen LogP contribution is -2.55. The molecule has 1 atom stereocenters. The van der Waals surface area contributed by atoms with Crippen LogP contribution in [-0.2, 0) is 4.79 Å². The smallest absolute Gasteiger partial charge is 0.353 e. The summed E-state index contributed by atoms with van der Waals surface area (Å²) in [5.41, 5.74) is -0.470. The lowest BCUT2D eigenvalue weighted by molar-refractivity contribution is -0.380. The van der Waals surface area contributed by atoms with Crippen molar-refractivity contribution in [1.82, 2.24) is 25.3 Å². The number of amides is 1. The van der Waals surface area contributed by atoms with Gasteiger partial charge >= 0.3 is 6.18 Å². The Labute approximate surface area is 168 Å². The quantitative estimate of drug-likeness (QED) is 0.525. The summed E-state index contributed by atoms with van der Waals surface area (Å²) in [6, 6.07) is 0. The number of anilines is 1. The second kappa shape index (κ2) is 7.84. The van der Waals surface area contributed by atoms with Gasteiger partial charge in [0.1, 0.15) is 18.3 Å². The fraction of sp³-hybridized carbons (Fsp3) is 0.389. The van der Waals surface area contributed by atoms with E-state index in [0.29, 0.717) is 16.6 Å². The molecule has 0 spiro atoms. The number of aromatic nitrogens is 5. The molecule has 3 heterocycles. The number of fused-ring (bicyclic) bond motifs is 1. The molecule has 0 saturated heterocycles. The second-order valence-corrected chi connectivity index (χ2v) is 7.20.